The summed E-state index contributed by atoms with van der Waals surface area (Å²) in [5, 5.41) is 9.37. The minimum Gasteiger partial charge on any atom is -0.480 e. The number of hydrogen-bond donors (Lipinski definition) is 2. The smallest absolute Gasteiger partial charge is 0.319 e. The fourth-order valence-electron chi connectivity index (χ4n) is 2.15. The Morgan fingerprint density at radius 2 is 1.73 bits per heavy atom. The van der Waals surface area contributed by atoms with Crippen molar-refractivity contribution in [2.75, 3.05) is 12.3 Å². The summed E-state index contributed by atoms with van der Waals surface area (Å²) in [4.78, 5) is 11.4. The Hall–Kier alpha value is -0.220. The number of carboxylic acid groups (broad SMARTS) is 1. The van der Waals surface area contributed by atoms with Gasteiger partial charge in [-0.1, -0.05) is 32.1 Å². The lowest BCUT2D eigenvalue weighted by molar-refractivity contribution is -0.140. The molecule has 0 aliphatic heterocycles. The largest absolute Gasteiger partial charge is 0.480 e. The lowest BCUT2D eigenvalue weighted by Crippen LogP contribution is -2.36. The molecule has 3 nitrogen and oxygen atoms in total. The maximum atomic E-state index is 11.4. The van der Waals surface area contributed by atoms with E-state index < -0.39 is 10.7 Å². The molecule has 1 fully saturated rings. The van der Waals surface area contributed by atoms with Gasteiger partial charge < -0.3 is 10.8 Å². The van der Waals surface area contributed by atoms with Crippen LogP contribution in [0.2, 0.25) is 0 Å². The summed E-state index contributed by atoms with van der Waals surface area (Å²) in [6.45, 7) is 0.569. The normalized spacial score (nSPS) is 21.7. The van der Waals surface area contributed by atoms with Crippen LogP contribution in [0.4, 0.5) is 0 Å². The lowest BCUT2D eigenvalue weighted by Gasteiger charge is -2.30. The molecule has 0 bridgehead atoms. The molecule has 1 rings (SSSR count). The van der Waals surface area contributed by atoms with Crippen LogP contribution in [0.3, 0.4) is 0 Å². The van der Waals surface area contributed by atoms with E-state index in [1.807, 2.05) is 0 Å². The van der Waals surface area contributed by atoms with Crippen LogP contribution >= 0.6 is 11.8 Å². The first-order chi connectivity index (χ1) is 7.21. The molecular weight excluding hydrogens is 210 g/mol. The van der Waals surface area contributed by atoms with Gasteiger partial charge in [0.15, 0.2) is 0 Å². The van der Waals surface area contributed by atoms with Crippen LogP contribution in [0.25, 0.3) is 0 Å². The second-order valence-electron chi connectivity index (χ2n) is 4.20. The molecule has 4 heteroatoms. The molecule has 88 valence electrons. The van der Waals surface area contributed by atoms with Gasteiger partial charge in [-0.05, 0) is 12.8 Å². The fraction of sp³-hybridized carbons (Fsp3) is 0.909. The van der Waals surface area contributed by atoms with Crippen molar-refractivity contribution >= 4 is 17.7 Å². The van der Waals surface area contributed by atoms with Gasteiger partial charge in [-0.15, -0.1) is 11.8 Å². The van der Waals surface area contributed by atoms with Crippen molar-refractivity contribution in [2.45, 2.75) is 49.7 Å². The van der Waals surface area contributed by atoms with Gasteiger partial charge in [0.05, 0.1) is 0 Å². The minimum absolute atomic E-state index is 0.542. The molecule has 15 heavy (non-hydrogen) atoms. The molecule has 0 amide bonds. The molecule has 1 saturated carbocycles. The van der Waals surface area contributed by atoms with Crippen LogP contribution in [-0.2, 0) is 4.79 Å². The fourth-order valence-corrected chi connectivity index (χ4v) is 3.36. The van der Waals surface area contributed by atoms with Gasteiger partial charge in [-0.2, -0.15) is 0 Å². The highest BCUT2D eigenvalue weighted by molar-refractivity contribution is 8.01. The summed E-state index contributed by atoms with van der Waals surface area (Å²) < 4.78 is -0.542. The van der Waals surface area contributed by atoms with Crippen molar-refractivity contribution in [3.8, 4) is 0 Å². The molecule has 3 N–H and O–H groups in total. The molecule has 0 saturated heterocycles. The molecule has 0 atom stereocenters. The van der Waals surface area contributed by atoms with Crippen molar-refractivity contribution in [2.24, 2.45) is 5.73 Å². The number of hydrogen-bond acceptors (Lipinski definition) is 3. The molecule has 0 spiro atoms. The topological polar surface area (TPSA) is 63.3 Å². The Balaban J connectivity index is 2.62. The predicted octanol–water partition coefficient (Wildman–Crippen LogP) is 2.25. The Kier molecular flexibility index (Phi) is 5.47. The van der Waals surface area contributed by atoms with E-state index in [0.29, 0.717) is 6.54 Å². The molecule has 0 aromatic rings. The third-order valence-corrected chi connectivity index (χ3v) is 4.62. The van der Waals surface area contributed by atoms with Crippen molar-refractivity contribution in [3.63, 3.8) is 0 Å². The average Bonchev–Trinajstić information content (AvgIpc) is 2.16. The van der Waals surface area contributed by atoms with E-state index in [2.05, 4.69) is 0 Å². The minimum atomic E-state index is -0.636. The molecule has 0 radical (unpaired) electrons. The van der Waals surface area contributed by atoms with E-state index in [1.165, 1.54) is 19.3 Å². The number of carboxylic acids is 1. The quantitative estimate of drug-likeness (QED) is 0.779. The number of thioether (sulfide) groups is 1. The Bertz CT molecular complexity index is 195. The standard InChI is InChI=1S/C11H21NO2S/c12-8-9-15-11(10(13)14)6-4-2-1-3-5-7-11/h1-9,12H2,(H,13,14). The highest BCUT2D eigenvalue weighted by Gasteiger charge is 2.38. The summed E-state index contributed by atoms with van der Waals surface area (Å²) in [5.74, 6) is 0.120. The molecule has 0 aromatic heterocycles. The van der Waals surface area contributed by atoms with E-state index in [-0.39, 0.29) is 0 Å². The zero-order chi connectivity index (χ0) is 11.1. The summed E-state index contributed by atoms with van der Waals surface area (Å²) in [6, 6.07) is 0. The maximum absolute atomic E-state index is 11.4. The first kappa shape index (κ1) is 12.8. The highest BCUT2D eigenvalue weighted by Crippen LogP contribution is 2.38. The van der Waals surface area contributed by atoms with Crippen LogP contribution in [0.15, 0.2) is 0 Å². The van der Waals surface area contributed by atoms with Crippen LogP contribution in [0.1, 0.15) is 44.9 Å². The first-order valence-corrected chi connectivity index (χ1v) is 6.77. The average molecular weight is 231 g/mol. The van der Waals surface area contributed by atoms with E-state index in [4.69, 9.17) is 5.73 Å². The van der Waals surface area contributed by atoms with Gasteiger partial charge in [0.2, 0.25) is 0 Å². The molecule has 1 aliphatic rings. The summed E-state index contributed by atoms with van der Waals surface area (Å²) in [7, 11) is 0. The molecular formula is C11H21NO2S. The maximum Gasteiger partial charge on any atom is 0.319 e. The van der Waals surface area contributed by atoms with Crippen LogP contribution in [0, 0.1) is 0 Å². The SMILES string of the molecule is NCCSC1(C(=O)O)CCCCCCC1. The van der Waals surface area contributed by atoms with Gasteiger partial charge >= 0.3 is 5.97 Å². The molecule has 0 aromatic carbocycles. The summed E-state index contributed by atoms with van der Waals surface area (Å²) in [5.41, 5.74) is 5.46. The molecule has 1 aliphatic carbocycles. The van der Waals surface area contributed by atoms with Crippen molar-refractivity contribution in [3.05, 3.63) is 0 Å². The van der Waals surface area contributed by atoms with Gasteiger partial charge in [-0.25, -0.2) is 0 Å². The Morgan fingerprint density at radius 1 is 1.20 bits per heavy atom. The van der Waals surface area contributed by atoms with E-state index in [1.54, 1.807) is 11.8 Å². The van der Waals surface area contributed by atoms with Gasteiger partial charge in [0, 0.05) is 12.3 Å². The number of carbonyl (C=O) groups is 1. The van der Waals surface area contributed by atoms with Crippen LogP contribution < -0.4 is 5.73 Å². The van der Waals surface area contributed by atoms with Crippen molar-refractivity contribution in [1.82, 2.24) is 0 Å². The van der Waals surface area contributed by atoms with Gasteiger partial charge in [-0.3, -0.25) is 4.79 Å². The van der Waals surface area contributed by atoms with Crippen molar-refractivity contribution in [1.29, 1.82) is 0 Å². The van der Waals surface area contributed by atoms with Gasteiger partial charge in [0.1, 0.15) is 4.75 Å². The van der Waals surface area contributed by atoms with E-state index >= 15 is 0 Å². The van der Waals surface area contributed by atoms with Gasteiger partial charge in [0.25, 0.3) is 0 Å². The predicted molar refractivity (Wildman–Crippen MR) is 64.2 cm³/mol. The monoisotopic (exact) mass is 231 g/mol. The number of nitrogens with two attached hydrogens (primary N) is 1. The zero-order valence-corrected chi connectivity index (χ0v) is 10.0. The second-order valence-corrected chi connectivity index (χ2v) is 5.68. The van der Waals surface area contributed by atoms with E-state index in [9.17, 15) is 9.90 Å². The van der Waals surface area contributed by atoms with Crippen LogP contribution in [-0.4, -0.2) is 28.1 Å². The summed E-state index contributed by atoms with van der Waals surface area (Å²) >= 11 is 1.55. The second kappa shape index (κ2) is 6.38. The Labute approximate surface area is 95.8 Å². The molecule has 0 unspecified atom stereocenters. The number of aliphatic carboxylic acids is 1. The third-order valence-electron chi connectivity index (χ3n) is 3.05. The lowest BCUT2D eigenvalue weighted by atomic mass is 9.90. The van der Waals surface area contributed by atoms with Crippen LogP contribution in [0.5, 0.6) is 0 Å². The Morgan fingerprint density at radius 3 is 2.20 bits per heavy atom. The molecule has 0 heterocycles. The first-order valence-electron chi connectivity index (χ1n) is 5.79. The van der Waals surface area contributed by atoms with Crippen molar-refractivity contribution < 1.29 is 9.90 Å². The summed E-state index contributed by atoms with van der Waals surface area (Å²) in [6.07, 6.45) is 7.33. The third kappa shape index (κ3) is 3.68. The zero-order valence-electron chi connectivity index (χ0n) is 9.21. The van der Waals surface area contributed by atoms with E-state index in [0.717, 1.165) is 31.4 Å². The highest BCUT2D eigenvalue weighted by atomic mass is 32.2. The number of rotatable bonds is 4.